The zero-order valence-electron chi connectivity index (χ0n) is 10.9. The Kier molecular flexibility index (Phi) is 5.17. The number of hydrogen-bond acceptors (Lipinski definition) is 4. The van der Waals surface area contributed by atoms with E-state index in [1.165, 1.54) is 13.0 Å². The molecule has 0 aliphatic heterocycles. The zero-order chi connectivity index (χ0) is 14.5. The Morgan fingerprint density at radius 3 is 2.47 bits per heavy atom. The van der Waals surface area contributed by atoms with E-state index >= 15 is 0 Å². The number of para-hydroxylation sites is 2. The van der Waals surface area contributed by atoms with E-state index < -0.39 is 22.5 Å². The number of benzene rings is 1. The number of ether oxygens (including phenoxy) is 1. The molecule has 1 aromatic rings. The molecule has 0 fully saturated rings. The maximum Gasteiger partial charge on any atom is 0.324 e. The summed E-state index contributed by atoms with van der Waals surface area (Å²) in [6.45, 7) is 2.98. The van der Waals surface area contributed by atoms with Crippen molar-refractivity contribution in [1.82, 2.24) is 0 Å². The summed E-state index contributed by atoms with van der Waals surface area (Å²) in [6.07, 6.45) is 0. The van der Waals surface area contributed by atoms with E-state index in [1.54, 1.807) is 25.1 Å². The van der Waals surface area contributed by atoms with Crippen LogP contribution in [0.3, 0.4) is 0 Å². The van der Waals surface area contributed by atoms with Crippen molar-refractivity contribution in [2.24, 2.45) is 0 Å². The molecule has 0 spiro atoms. The molecule has 0 bridgehead atoms. The normalized spacial score (nSPS) is 11.1. The Labute approximate surface area is 112 Å². The summed E-state index contributed by atoms with van der Waals surface area (Å²) < 4.78 is 30.2. The molecule has 0 atom stereocenters. The van der Waals surface area contributed by atoms with Gasteiger partial charge in [0.1, 0.15) is 12.3 Å². The highest BCUT2D eigenvalue weighted by Gasteiger charge is 2.25. The standard InChI is InChI=1S/C12H17NO5S/c1-3-18-11-8-6-5-7-10(11)13(9-12(14)15)19(16,17)4-2/h5-8H,3-4,9H2,1-2H3,(H,14,15). The smallest absolute Gasteiger partial charge is 0.324 e. The molecule has 0 amide bonds. The molecule has 0 saturated heterocycles. The van der Waals surface area contributed by atoms with Gasteiger partial charge in [-0.1, -0.05) is 12.1 Å². The number of sulfonamides is 1. The molecule has 0 radical (unpaired) electrons. The lowest BCUT2D eigenvalue weighted by Crippen LogP contribution is -2.37. The van der Waals surface area contributed by atoms with Crippen LogP contribution in [0.2, 0.25) is 0 Å². The van der Waals surface area contributed by atoms with Crippen molar-refractivity contribution in [2.45, 2.75) is 13.8 Å². The minimum atomic E-state index is -3.68. The van der Waals surface area contributed by atoms with E-state index in [4.69, 9.17) is 9.84 Å². The van der Waals surface area contributed by atoms with Gasteiger partial charge in [0.2, 0.25) is 10.0 Å². The van der Waals surface area contributed by atoms with Gasteiger partial charge in [0.15, 0.2) is 0 Å². The van der Waals surface area contributed by atoms with Crippen molar-refractivity contribution in [3.63, 3.8) is 0 Å². The fourth-order valence-corrected chi connectivity index (χ4v) is 2.62. The summed E-state index contributed by atoms with van der Waals surface area (Å²) >= 11 is 0. The maximum absolute atomic E-state index is 12.0. The van der Waals surface area contributed by atoms with Crippen LogP contribution in [0.15, 0.2) is 24.3 Å². The Morgan fingerprint density at radius 2 is 1.95 bits per heavy atom. The molecule has 1 aromatic carbocycles. The monoisotopic (exact) mass is 287 g/mol. The second-order valence-electron chi connectivity index (χ2n) is 3.70. The third-order valence-electron chi connectivity index (χ3n) is 2.41. The molecule has 6 nitrogen and oxygen atoms in total. The predicted molar refractivity (Wildman–Crippen MR) is 72.1 cm³/mol. The SMILES string of the molecule is CCOc1ccccc1N(CC(=O)O)S(=O)(=O)CC. The molecule has 0 unspecified atom stereocenters. The summed E-state index contributed by atoms with van der Waals surface area (Å²) in [5, 5.41) is 8.88. The minimum Gasteiger partial charge on any atom is -0.492 e. The summed E-state index contributed by atoms with van der Waals surface area (Å²) in [5.74, 6) is -1.05. The van der Waals surface area contributed by atoms with Gasteiger partial charge in [0, 0.05) is 0 Å². The molecule has 0 aliphatic rings. The van der Waals surface area contributed by atoms with Crippen LogP contribution >= 0.6 is 0 Å². The first-order valence-electron chi connectivity index (χ1n) is 5.86. The number of aliphatic carboxylic acids is 1. The topological polar surface area (TPSA) is 83.9 Å². The molecule has 1 N–H and O–H groups in total. The number of anilines is 1. The van der Waals surface area contributed by atoms with E-state index in [0.29, 0.717) is 12.4 Å². The van der Waals surface area contributed by atoms with Crippen LogP contribution in [-0.2, 0) is 14.8 Å². The number of carboxylic acids is 1. The molecule has 106 valence electrons. The first kappa shape index (κ1) is 15.3. The van der Waals surface area contributed by atoms with Gasteiger partial charge >= 0.3 is 5.97 Å². The van der Waals surface area contributed by atoms with Crippen LogP contribution in [0.25, 0.3) is 0 Å². The van der Waals surface area contributed by atoms with Gasteiger partial charge in [-0.3, -0.25) is 9.10 Å². The van der Waals surface area contributed by atoms with Crippen LogP contribution in [0.1, 0.15) is 13.8 Å². The average molecular weight is 287 g/mol. The van der Waals surface area contributed by atoms with E-state index in [2.05, 4.69) is 0 Å². The van der Waals surface area contributed by atoms with Gasteiger partial charge in [-0.2, -0.15) is 0 Å². The Hall–Kier alpha value is -1.76. The van der Waals surface area contributed by atoms with Crippen molar-refractivity contribution in [3.8, 4) is 5.75 Å². The van der Waals surface area contributed by atoms with Crippen LogP contribution < -0.4 is 9.04 Å². The highest BCUT2D eigenvalue weighted by molar-refractivity contribution is 7.92. The molecule has 0 saturated carbocycles. The van der Waals surface area contributed by atoms with Gasteiger partial charge in [-0.15, -0.1) is 0 Å². The molecule has 0 aromatic heterocycles. The quantitative estimate of drug-likeness (QED) is 0.817. The molecule has 1 rings (SSSR count). The summed E-state index contributed by atoms with van der Waals surface area (Å²) in [5.41, 5.74) is 0.244. The summed E-state index contributed by atoms with van der Waals surface area (Å²) in [7, 11) is -3.68. The summed E-state index contributed by atoms with van der Waals surface area (Å²) in [6, 6.07) is 6.48. The Balaban J connectivity index is 3.29. The summed E-state index contributed by atoms with van der Waals surface area (Å²) in [4.78, 5) is 10.9. The lowest BCUT2D eigenvalue weighted by Gasteiger charge is -2.24. The second-order valence-corrected chi connectivity index (χ2v) is 5.88. The van der Waals surface area contributed by atoms with Crippen molar-refractivity contribution in [3.05, 3.63) is 24.3 Å². The number of hydrogen-bond donors (Lipinski definition) is 1. The average Bonchev–Trinajstić information content (AvgIpc) is 2.37. The van der Waals surface area contributed by atoms with Crippen molar-refractivity contribution in [2.75, 3.05) is 23.2 Å². The Bertz CT molecular complexity index is 541. The molecule has 19 heavy (non-hydrogen) atoms. The van der Waals surface area contributed by atoms with E-state index in [-0.39, 0.29) is 11.4 Å². The number of carboxylic acid groups (broad SMARTS) is 1. The Morgan fingerprint density at radius 1 is 1.32 bits per heavy atom. The lowest BCUT2D eigenvalue weighted by atomic mass is 10.3. The second kappa shape index (κ2) is 6.42. The highest BCUT2D eigenvalue weighted by Crippen LogP contribution is 2.30. The van der Waals surface area contributed by atoms with E-state index in [0.717, 1.165) is 4.31 Å². The van der Waals surface area contributed by atoms with Gasteiger partial charge in [-0.25, -0.2) is 8.42 Å². The van der Waals surface area contributed by atoms with Crippen molar-refractivity contribution < 1.29 is 23.1 Å². The van der Waals surface area contributed by atoms with Gasteiger partial charge in [-0.05, 0) is 26.0 Å². The van der Waals surface area contributed by atoms with E-state index in [9.17, 15) is 13.2 Å². The largest absolute Gasteiger partial charge is 0.492 e. The maximum atomic E-state index is 12.0. The van der Waals surface area contributed by atoms with E-state index in [1.807, 2.05) is 0 Å². The zero-order valence-corrected chi connectivity index (χ0v) is 11.7. The molecule has 0 heterocycles. The highest BCUT2D eigenvalue weighted by atomic mass is 32.2. The van der Waals surface area contributed by atoms with Gasteiger partial charge in [0.05, 0.1) is 18.0 Å². The molecule has 7 heteroatoms. The van der Waals surface area contributed by atoms with Crippen LogP contribution in [0, 0.1) is 0 Å². The number of carbonyl (C=O) groups is 1. The molecule has 0 aliphatic carbocycles. The van der Waals surface area contributed by atoms with Crippen LogP contribution in [-0.4, -0.2) is 38.4 Å². The third-order valence-corrected chi connectivity index (χ3v) is 4.14. The van der Waals surface area contributed by atoms with Gasteiger partial charge < -0.3 is 9.84 Å². The third kappa shape index (κ3) is 3.85. The van der Waals surface area contributed by atoms with Crippen LogP contribution in [0.5, 0.6) is 5.75 Å². The number of rotatable bonds is 7. The predicted octanol–water partition coefficient (Wildman–Crippen LogP) is 1.33. The number of nitrogens with zero attached hydrogens (tertiary/aromatic N) is 1. The molecular weight excluding hydrogens is 270 g/mol. The first-order chi connectivity index (χ1) is 8.92. The van der Waals surface area contributed by atoms with Crippen molar-refractivity contribution >= 4 is 21.7 Å². The fraction of sp³-hybridized carbons (Fsp3) is 0.417. The van der Waals surface area contributed by atoms with Crippen LogP contribution in [0.4, 0.5) is 5.69 Å². The minimum absolute atomic E-state index is 0.180. The first-order valence-corrected chi connectivity index (χ1v) is 7.47. The lowest BCUT2D eigenvalue weighted by molar-refractivity contribution is -0.135. The van der Waals surface area contributed by atoms with Gasteiger partial charge in [0.25, 0.3) is 0 Å². The molecular formula is C12H17NO5S. The fourth-order valence-electron chi connectivity index (χ4n) is 1.55. The van der Waals surface area contributed by atoms with Crippen molar-refractivity contribution in [1.29, 1.82) is 0 Å².